The van der Waals surface area contributed by atoms with Crippen LogP contribution in [-0.2, 0) is 33.3 Å². The fourth-order valence-corrected chi connectivity index (χ4v) is 12.8. The molecule has 0 aromatic carbocycles. The molecule has 0 aromatic rings. The molecule has 9 heteroatoms. The van der Waals surface area contributed by atoms with Crippen molar-refractivity contribution in [1.29, 1.82) is 0 Å². The number of rotatable bonds is 79. The number of likely N-dealkylation sites (N-methyl/N-ethyl adjacent to an activating group) is 1. The summed E-state index contributed by atoms with van der Waals surface area (Å²) in [5, 5.41) is 9.78. The first-order valence-electron chi connectivity index (χ1n) is 41.7. The van der Waals surface area contributed by atoms with Gasteiger partial charge in [0.2, 0.25) is 0 Å². The number of allylic oxidation sites excluding steroid dienone is 6. The van der Waals surface area contributed by atoms with Gasteiger partial charge in [-0.25, -0.2) is 4.79 Å². The summed E-state index contributed by atoms with van der Waals surface area (Å²) in [4.78, 5) is 37.8. The standard InChI is InChI=1S/C85H161NO8/c1-6-8-10-12-14-16-18-20-22-24-26-28-30-32-34-36-38-39-40-41-42-43-44-46-47-49-51-53-55-57-59-61-63-65-67-69-71-73-75-82(87)92-79-81(80-93-85(84(89)90)91-78-77-86(3,4)5)94-83(88)76-74-72-70-68-66-64-62-60-58-56-54-52-50-48-45-37-35-33-31-29-27-25-23-21-19-17-15-13-11-9-7-2/h19,21,25,27,31,33,81,85H,6-18,20,22-24,26,28-30,32,34-80H2,1-5H3/p+1/b21-19-,27-25-,33-31-. The van der Waals surface area contributed by atoms with Gasteiger partial charge in [0.05, 0.1) is 34.4 Å². The van der Waals surface area contributed by atoms with Gasteiger partial charge in [-0.2, -0.15) is 0 Å². The van der Waals surface area contributed by atoms with Gasteiger partial charge in [-0.3, -0.25) is 9.59 Å². The van der Waals surface area contributed by atoms with E-state index in [1.54, 1.807) is 0 Å². The molecule has 94 heavy (non-hydrogen) atoms. The summed E-state index contributed by atoms with van der Waals surface area (Å²) in [6.45, 7) is 4.95. The smallest absolute Gasteiger partial charge is 0.361 e. The van der Waals surface area contributed by atoms with Crippen LogP contribution < -0.4 is 0 Å². The Morgan fingerprint density at radius 2 is 0.574 bits per heavy atom. The van der Waals surface area contributed by atoms with E-state index in [4.69, 9.17) is 18.9 Å². The molecule has 0 saturated carbocycles. The summed E-state index contributed by atoms with van der Waals surface area (Å²) >= 11 is 0. The van der Waals surface area contributed by atoms with E-state index in [-0.39, 0.29) is 38.2 Å². The summed E-state index contributed by atoms with van der Waals surface area (Å²) < 4.78 is 23.1. The second-order valence-corrected chi connectivity index (χ2v) is 29.8. The first-order valence-corrected chi connectivity index (χ1v) is 41.7. The van der Waals surface area contributed by atoms with E-state index >= 15 is 0 Å². The summed E-state index contributed by atoms with van der Waals surface area (Å²) in [6, 6.07) is 0. The third kappa shape index (κ3) is 76.9. The van der Waals surface area contributed by atoms with Gasteiger partial charge in [0.1, 0.15) is 13.2 Å². The highest BCUT2D eigenvalue weighted by Crippen LogP contribution is 2.20. The first-order chi connectivity index (χ1) is 46.1. The van der Waals surface area contributed by atoms with E-state index in [1.807, 2.05) is 21.1 Å². The zero-order chi connectivity index (χ0) is 68.2. The highest BCUT2D eigenvalue weighted by atomic mass is 16.7. The molecule has 0 radical (unpaired) electrons. The molecule has 2 atom stereocenters. The van der Waals surface area contributed by atoms with Gasteiger partial charge >= 0.3 is 17.9 Å². The maximum atomic E-state index is 13.0. The average Bonchev–Trinajstić information content (AvgIpc) is 3.76. The Morgan fingerprint density at radius 3 is 0.851 bits per heavy atom. The number of carbonyl (C=O) groups excluding carboxylic acids is 2. The number of hydrogen-bond acceptors (Lipinski definition) is 7. The van der Waals surface area contributed by atoms with Crippen molar-refractivity contribution in [3.8, 4) is 0 Å². The molecule has 0 aliphatic heterocycles. The van der Waals surface area contributed by atoms with E-state index in [0.29, 0.717) is 17.4 Å². The Morgan fingerprint density at radius 1 is 0.319 bits per heavy atom. The molecule has 0 saturated heterocycles. The second kappa shape index (κ2) is 76.3. The van der Waals surface area contributed by atoms with Crippen LogP contribution >= 0.6 is 0 Å². The summed E-state index contributed by atoms with van der Waals surface area (Å²) in [5.74, 6) is -1.97. The molecular weight excluding hydrogens is 1160 g/mol. The van der Waals surface area contributed by atoms with Crippen molar-refractivity contribution in [2.45, 2.75) is 444 Å². The summed E-state index contributed by atoms with van der Waals surface area (Å²) in [6.07, 6.45) is 96.1. The minimum absolute atomic E-state index is 0.176. The summed E-state index contributed by atoms with van der Waals surface area (Å²) in [5.41, 5.74) is 0. The number of carboxylic acids is 1. The Bertz CT molecular complexity index is 1640. The summed E-state index contributed by atoms with van der Waals surface area (Å²) in [7, 11) is 6.00. The number of quaternary nitrogens is 1. The van der Waals surface area contributed by atoms with Crippen LogP contribution in [0.4, 0.5) is 0 Å². The van der Waals surface area contributed by atoms with Gasteiger partial charge in [0.15, 0.2) is 6.10 Å². The van der Waals surface area contributed by atoms with E-state index in [2.05, 4.69) is 50.3 Å². The molecule has 0 bridgehead atoms. The maximum Gasteiger partial charge on any atom is 0.361 e. The molecule has 2 unspecified atom stereocenters. The molecule has 0 amide bonds. The quantitative estimate of drug-likeness (QED) is 0.0211. The first kappa shape index (κ1) is 91.5. The number of nitrogens with zero attached hydrogens (tertiary/aromatic N) is 1. The van der Waals surface area contributed by atoms with Crippen LogP contribution in [0.3, 0.4) is 0 Å². The van der Waals surface area contributed by atoms with Crippen LogP contribution in [0, 0.1) is 0 Å². The topological polar surface area (TPSA) is 108 Å². The largest absolute Gasteiger partial charge is 0.477 e. The second-order valence-electron chi connectivity index (χ2n) is 29.8. The number of unbranched alkanes of at least 4 members (excludes halogenated alkanes) is 58. The van der Waals surface area contributed by atoms with Crippen LogP contribution in [0.15, 0.2) is 36.5 Å². The highest BCUT2D eigenvalue weighted by molar-refractivity contribution is 5.71. The van der Waals surface area contributed by atoms with Crippen LogP contribution in [0.1, 0.15) is 431 Å². The lowest BCUT2D eigenvalue weighted by Gasteiger charge is -2.25. The molecule has 9 nitrogen and oxygen atoms in total. The lowest BCUT2D eigenvalue weighted by molar-refractivity contribution is -0.870. The van der Waals surface area contributed by atoms with Gasteiger partial charge < -0.3 is 28.5 Å². The van der Waals surface area contributed by atoms with Gasteiger partial charge in [-0.15, -0.1) is 0 Å². The lowest BCUT2D eigenvalue weighted by Crippen LogP contribution is -2.40. The van der Waals surface area contributed by atoms with Crippen LogP contribution in [0.2, 0.25) is 0 Å². The molecular formula is C85H162NO8+. The number of esters is 2. The van der Waals surface area contributed by atoms with Crippen LogP contribution in [0.25, 0.3) is 0 Å². The highest BCUT2D eigenvalue weighted by Gasteiger charge is 2.25. The van der Waals surface area contributed by atoms with Crippen molar-refractivity contribution in [2.24, 2.45) is 0 Å². The van der Waals surface area contributed by atoms with E-state index in [1.165, 1.54) is 353 Å². The van der Waals surface area contributed by atoms with Crippen LogP contribution in [-0.4, -0.2) is 87.4 Å². The minimum Gasteiger partial charge on any atom is -0.477 e. The number of hydrogen-bond donors (Lipinski definition) is 1. The lowest BCUT2D eigenvalue weighted by atomic mass is 10.0. The van der Waals surface area contributed by atoms with Gasteiger partial charge in [0.25, 0.3) is 6.29 Å². The molecule has 0 aliphatic carbocycles. The Balaban J connectivity index is 3.94. The number of carboxylic acid groups (broad SMARTS) is 1. The average molecular weight is 1330 g/mol. The van der Waals surface area contributed by atoms with E-state index in [9.17, 15) is 19.5 Å². The Kier molecular flexibility index (Phi) is 74.2. The third-order valence-electron chi connectivity index (χ3n) is 19.1. The molecule has 0 aromatic heterocycles. The molecule has 0 aliphatic rings. The predicted octanol–water partition coefficient (Wildman–Crippen LogP) is 26.7. The molecule has 0 fully saturated rings. The fraction of sp³-hybridized carbons (Fsp3) is 0.894. The van der Waals surface area contributed by atoms with Gasteiger partial charge in [0, 0.05) is 12.8 Å². The van der Waals surface area contributed by atoms with E-state index < -0.39 is 18.4 Å². The van der Waals surface area contributed by atoms with Crippen molar-refractivity contribution in [3.63, 3.8) is 0 Å². The third-order valence-corrected chi connectivity index (χ3v) is 19.1. The van der Waals surface area contributed by atoms with Crippen molar-refractivity contribution >= 4 is 17.9 Å². The monoisotopic (exact) mass is 1330 g/mol. The maximum absolute atomic E-state index is 13.0. The van der Waals surface area contributed by atoms with Crippen molar-refractivity contribution in [3.05, 3.63) is 36.5 Å². The predicted molar refractivity (Wildman–Crippen MR) is 406 cm³/mol. The molecule has 0 heterocycles. The molecule has 0 rings (SSSR count). The van der Waals surface area contributed by atoms with Gasteiger partial charge in [-0.1, -0.05) is 403 Å². The van der Waals surface area contributed by atoms with Crippen molar-refractivity contribution in [1.82, 2.24) is 0 Å². The number of aliphatic carboxylic acids is 1. The molecule has 0 spiro atoms. The Hall–Kier alpha value is -2.49. The van der Waals surface area contributed by atoms with Crippen LogP contribution in [0.5, 0.6) is 0 Å². The molecule has 1 N–H and O–H groups in total. The normalized spacial score (nSPS) is 12.7. The zero-order valence-corrected chi connectivity index (χ0v) is 63.7. The Labute approximate surface area is 585 Å². The molecule has 554 valence electrons. The van der Waals surface area contributed by atoms with Crippen molar-refractivity contribution < 1.29 is 42.9 Å². The van der Waals surface area contributed by atoms with Gasteiger partial charge in [-0.05, 0) is 51.4 Å². The van der Waals surface area contributed by atoms with E-state index in [0.717, 1.165) is 51.4 Å². The fourth-order valence-electron chi connectivity index (χ4n) is 12.8. The number of ether oxygens (including phenoxy) is 4. The minimum atomic E-state index is -1.51. The SMILES string of the molecule is CCCCCCC/C=C\C/C=C\C/C=C\CCCCCCCCCCCCCCCCCCC(=O)OC(COC(=O)CCCCCCCCCCCCCCCCCCCCCCCCCCCCCCCCCCCCCCCC)COC(OCC[N+](C)(C)C)C(=O)O. The number of carbonyl (C=O) groups is 3. The van der Waals surface area contributed by atoms with Crippen molar-refractivity contribution in [2.75, 3.05) is 47.5 Å². The zero-order valence-electron chi connectivity index (χ0n) is 63.7.